The van der Waals surface area contributed by atoms with Gasteiger partial charge in [-0.1, -0.05) is 36.7 Å². The molecular weight excluding hydrogens is 252 g/mol. The number of hydrogen-bond donors (Lipinski definition) is 2. The number of nitrogens with one attached hydrogen (secondary N) is 1. The number of nitrogens with two attached hydrogens (primary N) is 1. The highest BCUT2D eigenvalue weighted by Gasteiger charge is 2.28. The average Bonchev–Trinajstić information content (AvgIpc) is 2.68. The molecule has 0 aliphatic heterocycles. The van der Waals surface area contributed by atoms with Crippen molar-refractivity contribution in [2.24, 2.45) is 5.73 Å². The summed E-state index contributed by atoms with van der Waals surface area (Å²) in [5.74, 6) is 0. The molecule has 0 atom stereocenters. The monoisotopic (exact) mass is 268 g/mol. The van der Waals surface area contributed by atoms with E-state index in [-0.39, 0.29) is 5.54 Å². The van der Waals surface area contributed by atoms with Crippen LogP contribution < -0.4 is 11.1 Å². The summed E-state index contributed by atoms with van der Waals surface area (Å²) in [5.41, 5.74) is 7.53. The summed E-state index contributed by atoms with van der Waals surface area (Å²) in [6.45, 7) is 2.25. The summed E-state index contributed by atoms with van der Waals surface area (Å²) < 4.78 is 0. The lowest BCUT2D eigenvalue weighted by Crippen LogP contribution is -2.30. The van der Waals surface area contributed by atoms with Gasteiger partial charge in [-0.3, -0.25) is 0 Å². The molecule has 3 N–H and O–H groups in total. The highest BCUT2D eigenvalue weighted by atomic mass is 35.5. The first-order chi connectivity index (χ1) is 8.00. The van der Waals surface area contributed by atoms with E-state index in [2.05, 4.69) is 12.2 Å². The molecule has 1 saturated carbocycles. The van der Waals surface area contributed by atoms with Gasteiger partial charge in [0.25, 0.3) is 0 Å². The molecule has 1 fully saturated rings. The third-order valence-electron chi connectivity index (χ3n) is 3.40. The Morgan fingerprint density at radius 1 is 1.41 bits per heavy atom. The summed E-state index contributed by atoms with van der Waals surface area (Å²) in [4.78, 5) is 0.380. The van der Waals surface area contributed by atoms with E-state index in [9.17, 15) is 0 Å². The largest absolute Gasteiger partial charge is 0.389 e. The molecule has 0 heterocycles. The lowest BCUT2D eigenvalue weighted by molar-refractivity contribution is 0.533. The van der Waals surface area contributed by atoms with E-state index in [0.29, 0.717) is 10.0 Å². The van der Waals surface area contributed by atoms with Gasteiger partial charge in [-0.05, 0) is 38.0 Å². The summed E-state index contributed by atoms with van der Waals surface area (Å²) in [7, 11) is 0. The van der Waals surface area contributed by atoms with Crippen molar-refractivity contribution in [2.75, 3.05) is 5.32 Å². The van der Waals surface area contributed by atoms with Crippen LogP contribution in [-0.2, 0) is 0 Å². The molecule has 0 aromatic heterocycles. The van der Waals surface area contributed by atoms with Crippen molar-refractivity contribution in [3.63, 3.8) is 0 Å². The summed E-state index contributed by atoms with van der Waals surface area (Å²) in [6.07, 6.45) is 4.96. The summed E-state index contributed by atoms with van der Waals surface area (Å²) in [5, 5.41) is 4.22. The van der Waals surface area contributed by atoms with Crippen molar-refractivity contribution in [1.29, 1.82) is 0 Å². The lowest BCUT2D eigenvalue weighted by Gasteiger charge is -2.27. The van der Waals surface area contributed by atoms with Gasteiger partial charge in [0.1, 0.15) is 4.99 Å². The Bertz CT molecular complexity index is 439. The average molecular weight is 269 g/mol. The van der Waals surface area contributed by atoms with Gasteiger partial charge in [0.05, 0.1) is 10.7 Å². The van der Waals surface area contributed by atoms with Gasteiger partial charge in [-0.2, -0.15) is 0 Å². The molecule has 2 nitrogen and oxygen atoms in total. The van der Waals surface area contributed by atoms with Gasteiger partial charge in [0.2, 0.25) is 0 Å². The van der Waals surface area contributed by atoms with E-state index in [1.165, 1.54) is 25.7 Å². The second-order valence-corrected chi connectivity index (χ2v) is 5.80. The van der Waals surface area contributed by atoms with Crippen LogP contribution in [0.3, 0.4) is 0 Å². The van der Waals surface area contributed by atoms with E-state index in [1.807, 2.05) is 18.2 Å². The molecule has 92 valence electrons. The third-order valence-corrected chi connectivity index (χ3v) is 3.95. The molecule has 1 aliphatic rings. The molecule has 0 radical (unpaired) electrons. The van der Waals surface area contributed by atoms with Gasteiger partial charge < -0.3 is 11.1 Å². The van der Waals surface area contributed by atoms with E-state index in [1.54, 1.807) is 0 Å². The van der Waals surface area contributed by atoms with Crippen LogP contribution in [0, 0.1) is 0 Å². The zero-order valence-corrected chi connectivity index (χ0v) is 11.5. The molecule has 0 unspecified atom stereocenters. The Kier molecular flexibility index (Phi) is 3.59. The predicted molar refractivity (Wildman–Crippen MR) is 77.8 cm³/mol. The minimum atomic E-state index is 0.175. The number of benzene rings is 1. The number of rotatable bonds is 3. The molecule has 1 aromatic rings. The number of thiocarbonyl (C=S) groups is 1. The molecule has 1 aromatic carbocycles. The van der Waals surface area contributed by atoms with Crippen LogP contribution in [0.25, 0.3) is 0 Å². The SMILES string of the molecule is CC1(Nc2ccc(C(N)=S)cc2Cl)CCCC1. The summed E-state index contributed by atoms with van der Waals surface area (Å²) in [6, 6.07) is 5.69. The standard InChI is InChI=1S/C13H17ClN2S/c1-13(6-2-3-7-13)16-11-5-4-9(12(15)17)8-10(11)14/h4-5,8,16H,2-3,6-7H2,1H3,(H2,15,17). The van der Waals surface area contributed by atoms with Crippen LogP contribution in [0.1, 0.15) is 38.2 Å². The smallest absolute Gasteiger partial charge is 0.104 e. The Morgan fingerprint density at radius 2 is 2.06 bits per heavy atom. The second-order valence-electron chi connectivity index (χ2n) is 4.95. The maximum absolute atomic E-state index is 6.24. The van der Waals surface area contributed by atoms with Gasteiger partial charge in [-0.15, -0.1) is 0 Å². The Morgan fingerprint density at radius 3 is 2.59 bits per heavy atom. The van der Waals surface area contributed by atoms with Gasteiger partial charge in [0, 0.05) is 11.1 Å². The van der Waals surface area contributed by atoms with Crippen LogP contribution in [-0.4, -0.2) is 10.5 Å². The molecule has 4 heteroatoms. The topological polar surface area (TPSA) is 38.0 Å². The zero-order valence-electron chi connectivity index (χ0n) is 9.92. The molecular formula is C13H17ClN2S. The van der Waals surface area contributed by atoms with Gasteiger partial charge >= 0.3 is 0 Å². The van der Waals surface area contributed by atoms with Crippen LogP contribution in [0.15, 0.2) is 18.2 Å². The molecule has 0 saturated heterocycles. The quantitative estimate of drug-likeness (QED) is 0.821. The number of halogens is 1. The minimum Gasteiger partial charge on any atom is -0.389 e. The first kappa shape index (κ1) is 12.7. The molecule has 1 aliphatic carbocycles. The highest BCUT2D eigenvalue weighted by Crippen LogP contribution is 2.35. The van der Waals surface area contributed by atoms with Crippen molar-refractivity contribution in [3.8, 4) is 0 Å². The maximum atomic E-state index is 6.24. The predicted octanol–water partition coefficient (Wildman–Crippen LogP) is 3.72. The van der Waals surface area contributed by atoms with Gasteiger partial charge in [-0.25, -0.2) is 0 Å². The zero-order chi connectivity index (χ0) is 12.5. The first-order valence-corrected chi connectivity index (χ1v) is 6.66. The van der Waals surface area contributed by atoms with E-state index < -0.39 is 0 Å². The Balaban J connectivity index is 2.19. The summed E-state index contributed by atoms with van der Waals surface area (Å²) >= 11 is 11.2. The van der Waals surface area contributed by atoms with E-state index in [4.69, 9.17) is 29.6 Å². The van der Waals surface area contributed by atoms with Crippen molar-refractivity contribution < 1.29 is 0 Å². The normalized spacial score (nSPS) is 18.0. The second kappa shape index (κ2) is 4.83. The Labute approximate surface area is 113 Å². The Hall–Kier alpha value is -0.800. The fourth-order valence-corrected chi connectivity index (χ4v) is 2.73. The number of hydrogen-bond acceptors (Lipinski definition) is 2. The van der Waals surface area contributed by atoms with Crippen LogP contribution in [0.4, 0.5) is 5.69 Å². The fourth-order valence-electron chi connectivity index (χ4n) is 2.38. The fraction of sp³-hybridized carbons (Fsp3) is 0.462. The van der Waals surface area contributed by atoms with Crippen molar-refractivity contribution in [2.45, 2.75) is 38.1 Å². The molecule has 0 spiro atoms. The minimum absolute atomic E-state index is 0.175. The van der Waals surface area contributed by atoms with Crippen molar-refractivity contribution in [1.82, 2.24) is 0 Å². The van der Waals surface area contributed by atoms with E-state index >= 15 is 0 Å². The number of anilines is 1. The molecule has 2 rings (SSSR count). The van der Waals surface area contributed by atoms with Gasteiger partial charge in [0.15, 0.2) is 0 Å². The third kappa shape index (κ3) is 2.90. The molecule has 17 heavy (non-hydrogen) atoms. The van der Waals surface area contributed by atoms with Crippen molar-refractivity contribution in [3.05, 3.63) is 28.8 Å². The molecule has 0 amide bonds. The van der Waals surface area contributed by atoms with Crippen LogP contribution in [0.5, 0.6) is 0 Å². The first-order valence-electron chi connectivity index (χ1n) is 5.88. The van der Waals surface area contributed by atoms with Crippen LogP contribution >= 0.6 is 23.8 Å². The van der Waals surface area contributed by atoms with E-state index in [0.717, 1.165) is 11.3 Å². The van der Waals surface area contributed by atoms with Crippen molar-refractivity contribution >= 4 is 34.5 Å². The molecule has 0 bridgehead atoms. The maximum Gasteiger partial charge on any atom is 0.104 e. The lowest BCUT2D eigenvalue weighted by atomic mass is 10.00. The highest BCUT2D eigenvalue weighted by molar-refractivity contribution is 7.80. The van der Waals surface area contributed by atoms with Crippen LogP contribution in [0.2, 0.25) is 5.02 Å².